The summed E-state index contributed by atoms with van der Waals surface area (Å²) < 4.78 is 1.68. The molecule has 0 fully saturated rings. The van der Waals surface area contributed by atoms with Crippen molar-refractivity contribution in [2.75, 3.05) is 11.9 Å². The Hall–Kier alpha value is -3.94. The van der Waals surface area contributed by atoms with Gasteiger partial charge in [-0.25, -0.2) is 4.68 Å². The number of nitrogens with zero attached hydrogens (tertiary/aromatic N) is 3. The molecule has 3 N–H and O–H groups in total. The number of amides is 2. The molecule has 0 atom stereocenters. The van der Waals surface area contributed by atoms with Gasteiger partial charge in [-0.15, -0.1) is 0 Å². The van der Waals surface area contributed by atoms with Crippen LogP contribution in [-0.4, -0.2) is 38.3 Å². The highest BCUT2D eigenvalue weighted by Crippen LogP contribution is 2.15. The van der Waals surface area contributed by atoms with Crippen molar-refractivity contribution in [2.24, 2.45) is 0 Å². The Morgan fingerprint density at radius 1 is 1.04 bits per heavy atom. The second-order valence-electron chi connectivity index (χ2n) is 6.18. The van der Waals surface area contributed by atoms with Gasteiger partial charge in [0.05, 0.1) is 29.3 Å². The third-order valence-electron chi connectivity index (χ3n) is 4.21. The van der Waals surface area contributed by atoms with E-state index >= 15 is 0 Å². The molecule has 2 heterocycles. The maximum atomic E-state index is 12.3. The Bertz CT molecular complexity index is 1120. The van der Waals surface area contributed by atoms with Crippen LogP contribution in [0.15, 0.2) is 67.0 Å². The van der Waals surface area contributed by atoms with E-state index in [2.05, 4.69) is 25.9 Å². The van der Waals surface area contributed by atoms with Crippen molar-refractivity contribution in [2.45, 2.75) is 6.42 Å². The standard InChI is InChI=1S/C20H18N6O2/c27-18(23-14-12-22-26(13-14)15-6-2-1-3-7-15)10-11-21-20(28)19-16-8-4-5-9-17(16)24-25-19/h1-9,12-13H,10-11H2,(H,21,28)(H,23,27)(H,24,25). The highest BCUT2D eigenvalue weighted by atomic mass is 16.2. The van der Waals surface area contributed by atoms with Gasteiger partial charge in [0.15, 0.2) is 5.69 Å². The van der Waals surface area contributed by atoms with Crippen LogP contribution < -0.4 is 10.6 Å². The van der Waals surface area contributed by atoms with E-state index in [1.807, 2.05) is 54.6 Å². The van der Waals surface area contributed by atoms with Gasteiger partial charge in [-0.05, 0) is 18.2 Å². The third-order valence-corrected chi connectivity index (χ3v) is 4.21. The number of H-pyrrole nitrogens is 1. The normalized spacial score (nSPS) is 10.7. The summed E-state index contributed by atoms with van der Waals surface area (Å²) >= 11 is 0. The molecule has 2 aromatic heterocycles. The zero-order valence-corrected chi connectivity index (χ0v) is 14.9. The molecule has 28 heavy (non-hydrogen) atoms. The Balaban J connectivity index is 1.29. The Labute approximate surface area is 160 Å². The van der Waals surface area contributed by atoms with E-state index < -0.39 is 0 Å². The summed E-state index contributed by atoms with van der Waals surface area (Å²) in [5.74, 6) is -0.526. The van der Waals surface area contributed by atoms with Crippen LogP contribution in [0.25, 0.3) is 16.6 Å². The van der Waals surface area contributed by atoms with E-state index in [4.69, 9.17) is 0 Å². The fourth-order valence-corrected chi connectivity index (χ4v) is 2.84. The highest BCUT2D eigenvalue weighted by Gasteiger charge is 2.14. The molecule has 0 saturated heterocycles. The molecule has 0 unspecified atom stereocenters. The molecule has 4 aromatic rings. The second kappa shape index (κ2) is 7.75. The summed E-state index contributed by atoms with van der Waals surface area (Å²) in [7, 11) is 0. The predicted molar refractivity (Wildman–Crippen MR) is 105 cm³/mol. The molecule has 0 aliphatic rings. The molecule has 0 spiro atoms. The quantitative estimate of drug-likeness (QED) is 0.482. The van der Waals surface area contributed by atoms with Crippen LogP contribution in [0.2, 0.25) is 0 Å². The minimum absolute atomic E-state index is 0.143. The Kier molecular flexibility index (Phi) is 4.83. The maximum absolute atomic E-state index is 12.3. The van der Waals surface area contributed by atoms with Crippen molar-refractivity contribution in [1.82, 2.24) is 25.3 Å². The first-order valence-corrected chi connectivity index (χ1v) is 8.82. The summed E-state index contributed by atoms with van der Waals surface area (Å²) in [6, 6.07) is 17.0. The van der Waals surface area contributed by atoms with Gasteiger partial charge in [0.1, 0.15) is 0 Å². The average molecular weight is 374 g/mol. The van der Waals surface area contributed by atoms with E-state index in [1.54, 1.807) is 17.1 Å². The summed E-state index contributed by atoms with van der Waals surface area (Å²) in [5.41, 5.74) is 2.61. The Morgan fingerprint density at radius 3 is 2.68 bits per heavy atom. The second-order valence-corrected chi connectivity index (χ2v) is 6.18. The number of fused-ring (bicyclic) bond motifs is 1. The molecule has 0 aliphatic carbocycles. The van der Waals surface area contributed by atoms with Gasteiger partial charge in [0, 0.05) is 18.4 Å². The van der Waals surface area contributed by atoms with Gasteiger partial charge in [0.25, 0.3) is 5.91 Å². The SMILES string of the molecule is O=C(CCNC(=O)c1n[nH]c2ccccc12)Nc1cnn(-c2ccccc2)c1. The number of aromatic amines is 1. The molecule has 0 saturated carbocycles. The van der Waals surface area contributed by atoms with Crippen molar-refractivity contribution in [3.63, 3.8) is 0 Å². The molecule has 2 aromatic carbocycles. The monoisotopic (exact) mass is 374 g/mol. The zero-order chi connectivity index (χ0) is 19.3. The number of para-hydroxylation sites is 2. The summed E-state index contributed by atoms with van der Waals surface area (Å²) in [5, 5.41) is 17.3. The topological polar surface area (TPSA) is 105 Å². The number of hydrogen-bond donors (Lipinski definition) is 3. The lowest BCUT2D eigenvalue weighted by atomic mass is 10.2. The van der Waals surface area contributed by atoms with Crippen LogP contribution in [0.4, 0.5) is 5.69 Å². The molecular weight excluding hydrogens is 356 g/mol. The van der Waals surface area contributed by atoms with Gasteiger partial charge in [-0.1, -0.05) is 36.4 Å². The van der Waals surface area contributed by atoms with Gasteiger partial charge < -0.3 is 10.6 Å². The third kappa shape index (κ3) is 3.75. The van der Waals surface area contributed by atoms with Gasteiger partial charge in [-0.3, -0.25) is 14.7 Å². The molecule has 0 bridgehead atoms. The number of carbonyl (C=O) groups excluding carboxylic acids is 2. The number of anilines is 1. The van der Waals surface area contributed by atoms with Crippen molar-refractivity contribution in [3.05, 3.63) is 72.7 Å². The number of hydrogen-bond acceptors (Lipinski definition) is 4. The van der Waals surface area contributed by atoms with Crippen molar-refractivity contribution in [1.29, 1.82) is 0 Å². The molecule has 2 amide bonds. The van der Waals surface area contributed by atoms with Crippen LogP contribution in [0, 0.1) is 0 Å². The lowest BCUT2D eigenvalue weighted by Crippen LogP contribution is -2.28. The van der Waals surface area contributed by atoms with E-state index in [0.717, 1.165) is 16.6 Å². The fourth-order valence-electron chi connectivity index (χ4n) is 2.84. The minimum atomic E-state index is -0.317. The fraction of sp³-hybridized carbons (Fsp3) is 0.100. The molecule has 0 aliphatic heterocycles. The molecule has 8 nitrogen and oxygen atoms in total. The molecular formula is C20H18N6O2. The molecule has 0 radical (unpaired) electrons. The summed E-state index contributed by atoms with van der Waals surface area (Å²) in [4.78, 5) is 24.4. The van der Waals surface area contributed by atoms with Gasteiger partial charge >= 0.3 is 0 Å². The Morgan fingerprint density at radius 2 is 1.82 bits per heavy atom. The molecule has 140 valence electrons. The van der Waals surface area contributed by atoms with E-state index in [-0.39, 0.29) is 24.8 Å². The van der Waals surface area contributed by atoms with Crippen LogP contribution in [0.3, 0.4) is 0 Å². The van der Waals surface area contributed by atoms with Crippen LogP contribution >= 0.6 is 0 Å². The lowest BCUT2D eigenvalue weighted by Gasteiger charge is -2.04. The van der Waals surface area contributed by atoms with Crippen LogP contribution in [-0.2, 0) is 4.79 Å². The van der Waals surface area contributed by atoms with Crippen LogP contribution in [0.5, 0.6) is 0 Å². The average Bonchev–Trinajstić information content (AvgIpc) is 3.35. The van der Waals surface area contributed by atoms with Crippen molar-refractivity contribution in [3.8, 4) is 5.69 Å². The van der Waals surface area contributed by atoms with E-state index in [1.165, 1.54) is 0 Å². The minimum Gasteiger partial charge on any atom is -0.350 e. The number of carbonyl (C=O) groups is 2. The molecule has 4 rings (SSSR count). The lowest BCUT2D eigenvalue weighted by molar-refractivity contribution is -0.116. The van der Waals surface area contributed by atoms with E-state index in [0.29, 0.717) is 11.4 Å². The number of aromatic nitrogens is 4. The largest absolute Gasteiger partial charge is 0.350 e. The van der Waals surface area contributed by atoms with Crippen molar-refractivity contribution < 1.29 is 9.59 Å². The number of nitrogens with one attached hydrogen (secondary N) is 3. The van der Waals surface area contributed by atoms with Crippen molar-refractivity contribution >= 4 is 28.4 Å². The first-order chi connectivity index (χ1) is 13.7. The number of benzene rings is 2. The van der Waals surface area contributed by atoms with Gasteiger partial charge in [-0.2, -0.15) is 10.2 Å². The summed E-state index contributed by atoms with van der Waals surface area (Å²) in [6.45, 7) is 0.207. The van der Waals surface area contributed by atoms with E-state index in [9.17, 15) is 9.59 Å². The number of rotatable bonds is 6. The maximum Gasteiger partial charge on any atom is 0.272 e. The first kappa shape index (κ1) is 17.5. The molecule has 8 heteroatoms. The highest BCUT2D eigenvalue weighted by molar-refractivity contribution is 6.04. The van der Waals surface area contributed by atoms with Gasteiger partial charge in [0.2, 0.25) is 5.91 Å². The smallest absolute Gasteiger partial charge is 0.272 e. The van der Waals surface area contributed by atoms with Crippen LogP contribution in [0.1, 0.15) is 16.9 Å². The first-order valence-electron chi connectivity index (χ1n) is 8.82. The predicted octanol–water partition coefficient (Wildman–Crippen LogP) is 2.51. The zero-order valence-electron chi connectivity index (χ0n) is 14.9. The summed E-state index contributed by atoms with van der Waals surface area (Å²) in [6.07, 6.45) is 3.46.